The second kappa shape index (κ2) is 3.23. The minimum atomic E-state index is -0.292. The molecule has 0 N–H and O–H groups in total. The molecule has 0 bridgehead atoms. The van der Waals surface area contributed by atoms with Crippen LogP contribution in [0.3, 0.4) is 0 Å². The SMILES string of the molecule is Cc1ccc(C=O)c2c1OC(C)(C)C=C2. The van der Waals surface area contributed by atoms with Crippen molar-refractivity contribution in [2.75, 3.05) is 0 Å². The zero-order valence-corrected chi connectivity index (χ0v) is 9.20. The molecular weight excluding hydrogens is 188 g/mol. The summed E-state index contributed by atoms with van der Waals surface area (Å²) >= 11 is 0. The predicted octanol–water partition coefficient (Wildman–Crippen LogP) is 2.99. The van der Waals surface area contributed by atoms with Crippen LogP contribution in [0.4, 0.5) is 0 Å². The summed E-state index contributed by atoms with van der Waals surface area (Å²) < 4.78 is 5.85. The van der Waals surface area contributed by atoms with Gasteiger partial charge in [0.25, 0.3) is 0 Å². The molecule has 0 fully saturated rings. The van der Waals surface area contributed by atoms with Gasteiger partial charge in [-0.2, -0.15) is 0 Å². The third-order valence-corrected chi connectivity index (χ3v) is 2.57. The van der Waals surface area contributed by atoms with Gasteiger partial charge in [0.05, 0.1) is 0 Å². The number of aryl methyl sites for hydroxylation is 1. The molecule has 1 aromatic carbocycles. The van der Waals surface area contributed by atoms with E-state index in [1.165, 1.54) is 0 Å². The Morgan fingerprint density at radius 1 is 1.33 bits per heavy atom. The number of rotatable bonds is 1. The molecule has 2 nitrogen and oxygen atoms in total. The standard InChI is InChI=1S/C13H14O2/c1-9-4-5-10(8-14)11-6-7-13(2,3)15-12(9)11/h4-8H,1-3H3. The van der Waals surface area contributed by atoms with Crippen molar-refractivity contribution in [3.63, 3.8) is 0 Å². The lowest BCUT2D eigenvalue weighted by molar-refractivity contribution is 0.112. The number of aldehydes is 1. The second-order valence-electron chi connectivity index (χ2n) is 4.37. The highest BCUT2D eigenvalue weighted by molar-refractivity contribution is 5.85. The van der Waals surface area contributed by atoms with Gasteiger partial charge >= 0.3 is 0 Å². The van der Waals surface area contributed by atoms with Crippen LogP contribution in [0.1, 0.15) is 35.3 Å². The van der Waals surface area contributed by atoms with E-state index in [9.17, 15) is 4.79 Å². The first-order valence-corrected chi connectivity index (χ1v) is 5.00. The van der Waals surface area contributed by atoms with Gasteiger partial charge in [-0.1, -0.05) is 18.2 Å². The van der Waals surface area contributed by atoms with E-state index in [-0.39, 0.29) is 5.60 Å². The number of ether oxygens (including phenoxy) is 1. The van der Waals surface area contributed by atoms with E-state index in [2.05, 4.69) is 0 Å². The zero-order valence-electron chi connectivity index (χ0n) is 9.20. The van der Waals surface area contributed by atoms with Gasteiger partial charge in [0.15, 0.2) is 6.29 Å². The van der Waals surface area contributed by atoms with Crippen LogP contribution in [0, 0.1) is 6.92 Å². The fraction of sp³-hybridized carbons (Fsp3) is 0.308. The molecule has 0 saturated heterocycles. The molecule has 1 aliphatic rings. The number of hydrogen-bond acceptors (Lipinski definition) is 2. The zero-order chi connectivity index (χ0) is 11.1. The van der Waals surface area contributed by atoms with E-state index in [1.54, 1.807) is 0 Å². The molecule has 78 valence electrons. The van der Waals surface area contributed by atoms with Crippen LogP contribution in [0.25, 0.3) is 6.08 Å². The van der Waals surface area contributed by atoms with Gasteiger partial charge < -0.3 is 4.74 Å². The Labute approximate surface area is 89.6 Å². The van der Waals surface area contributed by atoms with Gasteiger partial charge in [0.2, 0.25) is 0 Å². The molecule has 2 rings (SSSR count). The third kappa shape index (κ3) is 1.67. The number of carbonyl (C=O) groups is 1. The first kappa shape index (κ1) is 9.97. The van der Waals surface area contributed by atoms with Gasteiger partial charge in [-0.05, 0) is 32.4 Å². The minimum absolute atomic E-state index is 0.292. The summed E-state index contributed by atoms with van der Waals surface area (Å²) in [5.74, 6) is 0.826. The number of fused-ring (bicyclic) bond motifs is 1. The Hall–Kier alpha value is -1.57. The number of carbonyl (C=O) groups excluding carboxylic acids is 1. The second-order valence-corrected chi connectivity index (χ2v) is 4.37. The Balaban J connectivity index is 2.63. The fourth-order valence-electron chi connectivity index (χ4n) is 1.72. The average molecular weight is 202 g/mol. The van der Waals surface area contributed by atoms with Crippen LogP contribution >= 0.6 is 0 Å². The van der Waals surface area contributed by atoms with Crippen LogP contribution in [-0.2, 0) is 0 Å². The van der Waals surface area contributed by atoms with Crippen LogP contribution in [0.2, 0.25) is 0 Å². The van der Waals surface area contributed by atoms with Crippen LogP contribution in [-0.4, -0.2) is 11.9 Å². The normalized spacial score (nSPS) is 16.7. The van der Waals surface area contributed by atoms with Crippen LogP contribution in [0.5, 0.6) is 5.75 Å². The van der Waals surface area contributed by atoms with Crippen molar-refractivity contribution in [3.8, 4) is 5.75 Å². The van der Waals surface area contributed by atoms with Gasteiger partial charge in [-0.25, -0.2) is 0 Å². The molecular formula is C13H14O2. The summed E-state index contributed by atoms with van der Waals surface area (Å²) in [4.78, 5) is 10.9. The van der Waals surface area contributed by atoms with Gasteiger partial charge in [-0.15, -0.1) is 0 Å². The Kier molecular flexibility index (Phi) is 2.14. The monoisotopic (exact) mass is 202 g/mol. The third-order valence-electron chi connectivity index (χ3n) is 2.57. The van der Waals surface area contributed by atoms with E-state index >= 15 is 0 Å². The van der Waals surface area contributed by atoms with Crippen molar-refractivity contribution in [2.24, 2.45) is 0 Å². The molecule has 15 heavy (non-hydrogen) atoms. The molecule has 0 radical (unpaired) electrons. The highest BCUT2D eigenvalue weighted by Gasteiger charge is 2.24. The Bertz CT molecular complexity index is 442. The molecule has 0 amide bonds. The molecule has 1 aromatic rings. The summed E-state index contributed by atoms with van der Waals surface area (Å²) in [7, 11) is 0. The largest absolute Gasteiger partial charge is 0.483 e. The summed E-state index contributed by atoms with van der Waals surface area (Å²) in [5, 5.41) is 0. The highest BCUT2D eigenvalue weighted by Crippen LogP contribution is 2.35. The lowest BCUT2D eigenvalue weighted by Gasteiger charge is -2.29. The molecule has 0 spiro atoms. The van der Waals surface area contributed by atoms with E-state index in [1.807, 2.05) is 45.1 Å². The first-order valence-electron chi connectivity index (χ1n) is 5.00. The van der Waals surface area contributed by atoms with Crippen molar-refractivity contribution in [3.05, 3.63) is 34.9 Å². The maximum Gasteiger partial charge on any atom is 0.150 e. The molecule has 0 saturated carbocycles. The molecule has 1 aliphatic heterocycles. The Morgan fingerprint density at radius 3 is 2.73 bits per heavy atom. The summed E-state index contributed by atoms with van der Waals surface area (Å²) in [5.41, 5.74) is 2.35. The summed E-state index contributed by atoms with van der Waals surface area (Å²) in [6, 6.07) is 3.74. The van der Waals surface area contributed by atoms with Crippen molar-refractivity contribution >= 4 is 12.4 Å². The van der Waals surface area contributed by atoms with Crippen molar-refractivity contribution in [1.82, 2.24) is 0 Å². The molecule has 0 atom stereocenters. The van der Waals surface area contributed by atoms with Gasteiger partial charge in [0.1, 0.15) is 11.4 Å². The van der Waals surface area contributed by atoms with E-state index in [4.69, 9.17) is 4.74 Å². The average Bonchev–Trinajstić information content (AvgIpc) is 2.18. The van der Waals surface area contributed by atoms with Crippen molar-refractivity contribution in [1.29, 1.82) is 0 Å². The quantitative estimate of drug-likeness (QED) is 0.654. The predicted molar refractivity (Wildman–Crippen MR) is 60.3 cm³/mol. The lowest BCUT2D eigenvalue weighted by atomic mass is 9.97. The fourth-order valence-corrected chi connectivity index (χ4v) is 1.72. The molecule has 1 heterocycles. The molecule has 2 heteroatoms. The van der Waals surface area contributed by atoms with Crippen LogP contribution in [0.15, 0.2) is 18.2 Å². The van der Waals surface area contributed by atoms with Gasteiger partial charge in [-0.3, -0.25) is 4.79 Å². The highest BCUT2D eigenvalue weighted by atomic mass is 16.5. The van der Waals surface area contributed by atoms with Crippen molar-refractivity contribution in [2.45, 2.75) is 26.4 Å². The number of benzene rings is 1. The van der Waals surface area contributed by atoms with E-state index < -0.39 is 0 Å². The number of hydrogen-bond donors (Lipinski definition) is 0. The van der Waals surface area contributed by atoms with Crippen LogP contribution < -0.4 is 4.74 Å². The minimum Gasteiger partial charge on any atom is -0.483 e. The summed E-state index contributed by atoms with van der Waals surface area (Å²) in [6.45, 7) is 5.99. The Morgan fingerprint density at radius 2 is 2.07 bits per heavy atom. The van der Waals surface area contributed by atoms with Gasteiger partial charge in [0, 0.05) is 11.1 Å². The van der Waals surface area contributed by atoms with E-state index in [0.717, 1.165) is 23.2 Å². The molecule has 0 aliphatic carbocycles. The topological polar surface area (TPSA) is 26.3 Å². The molecule has 0 aromatic heterocycles. The summed E-state index contributed by atoms with van der Waals surface area (Å²) in [6.07, 6.45) is 4.81. The smallest absolute Gasteiger partial charge is 0.150 e. The first-order chi connectivity index (χ1) is 7.03. The molecule has 0 unspecified atom stereocenters. The maximum atomic E-state index is 10.9. The lowest BCUT2D eigenvalue weighted by Crippen LogP contribution is -2.28. The van der Waals surface area contributed by atoms with E-state index in [0.29, 0.717) is 5.56 Å². The van der Waals surface area contributed by atoms with Crippen molar-refractivity contribution < 1.29 is 9.53 Å². The maximum absolute atomic E-state index is 10.9.